The van der Waals surface area contributed by atoms with E-state index in [4.69, 9.17) is 5.73 Å². The highest BCUT2D eigenvalue weighted by molar-refractivity contribution is 5.85. The second kappa shape index (κ2) is 7.80. The highest BCUT2D eigenvalue weighted by Gasteiger charge is 1.93. The van der Waals surface area contributed by atoms with E-state index in [1.54, 1.807) is 17.1 Å². The zero-order valence-corrected chi connectivity index (χ0v) is 9.07. The fourth-order valence-electron chi connectivity index (χ4n) is 0.655. The number of allylic oxidation sites excluding steroid dienone is 3. The molecule has 0 atom stereocenters. The molecule has 92 valence electrons. The number of halogens is 1. The summed E-state index contributed by atoms with van der Waals surface area (Å²) >= 11 is 0. The predicted octanol–water partition coefficient (Wildman–Crippen LogP) is -0.194. The normalized spacial score (nSPS) is 10.2. The molecule has 0 bridgehead atoms. The van der Waals surface area contributed by atoms with Gasteiger partial charge in [0.15, 0.2) is 0 Å². The predicted molar refractivity (Wildman–Crippen MR) is 60.8 cm³/mol. The Morgan fingerprint density at radius 2 is 2.06 bits per heavy atom. The number of rotatable bonds is 2. The third-order valence-electron chi connectivity index (χ3n) is 1.34. The van der Waals surface area contributed by atoms with Crippen molar-refractivity contribution in [3.05, 3.63) is 57.2 Å². The molecule has 0 spiro atoms. The summed E-state index contributed by atoms with van der Waals surface area (Å²) in [5, 5.41) is 0. The van der Waals surface area contributed by atoms with Crippen molar-refractivity contribution < 1.29 is 9.18 Å². The first kappa shape index (κ1) is 14.6. The summed E-state index contributed by atoms with van der Waals surface area (Å²) < 4.78 is 12.0. The number of primary amides is 1. The molecule has 0 radical (unpaired) electrons. The molecule has 1 rings (SSSR count). The van der Waals surface area contributed by atoms with Crippen LogP contribution in [0.5, 0.6) is 0 Å². The molecule has 0 fully saturated rings. The van der Waals surface area contributed by atoms with Gasteiger partial charge < -0.3 is 10.7 Å². The van der Waals surface area contributed by atoms with Crippen LogP contribution in [0.2, 0.25) is 0 Å². The van der Waals surface area contributed by atoms with Gasteiger partial charge in [-0.25, -0.2) is 4.79 Å². The molecular formula is C10H12FN3O3. The van der Waals surface area contributed by atoms with E-state index in [1.807, 2.05) is 18.0 Å². The maximum absolute atomic E-state index is 12.0. The SMILES string of the molecule is C/C=C/C=C/C(N)=O.O=c1[nH]cc(F)c(=O)[nH]1. The number of hydrogen-bond acceptors (Lipinski definition) is 3. The van der Waals surface area contributed by atoms with Crippen LogP contribution in [0.3, 0.4) is 0 Å². The van der Waals surface area contributed by atoms with Crippen molar-refractivity contribution in [3.8, 4) is 0 Å². The summed E-state index contributed by atoms with van der Waals surface area (Å²) in [4.78, 5) is 34.0. The molecule has 1 aromatic rings. The van der Waals surface area contributed by atoms with Gasteiger partial charge in [0.1, 0.15) is 0 Å². The van der Waals surface area contributed by atoms with Crippen molar-refractivity contribution >= 4 is 5.91 Å². The Bertz CT molecular complexity index is 528. The Balaban J connectivity index is 0.000000304. The molecule has 0 saturated carbocycles. The molecule has 1 aromatic heterocycles. The van der Waals surface area contributed by atoms with E-state index in [1.165, 1.54) is 6.08 Å². The van der Waals surface area contributed by atoms with Crippen molar-refractivity contribution in [2.24, 2.45) is 5.73 Å². The molecule has 0 aliphatic carbocycles. The van der Waals surface area contributed by atoms with Crippen molar-refractivity contribution in [1.82, 2.24) is 9.97 Å². The lowest BCUT2D eigenvalue weighted by Gasteiger charge is -1.81. The maximum Gasteiger partial charge on any atom is 0.325 e. The van der Waals surface area contributed by atoms with Gasteiger partial charge in [-0.05, 0) is 6.92 Å². The number of aromatic amines is 2. The van der Waals surface area contributed by atoms with Crippen LogP contribution in [-0.4, -0.2) is 15.9 Å². The van der Waals surface area contributed by atoms with Crippen molar-refractivity contribution in [1.29, 1.82) is 0 Å². The first-order valence-corrected chi connectivity index (χ1v) is 4.53. The number of amides is 1. The Morgan fingerprint density at radius 3 is 2.47 bits per heavy atom. The topological polar surface area (TPSA) is 109 Å². The van der Waals surface area contributed by atoms with Gasteiger partial charge in [-0.2, -0.15) is 4.39 Å². The van der Waals surface area contributed by atoms with E-state index in [9.17, 15) is 18.8 Å². The summed E-state index contributed by atoms with van der Waals surface area (Å²) in [6, 6.07) is 0. The van der Waals surface area contributed by atoms with E-state index in [-0.39, 0.29) is 0 Å². The molecule has 6 nitrogen and oxygen atoms in total. The Hall–Kier alpha value is -2.44. The van der Waals surface area contributed by atoms with Crippen LogP contribution in [0.1, 0.15) is 6.92 Å². The third-order valence-corrected chi connectivity index (χ3v) is 1.34. The second-order valence-electron chi connectivity index (χ2n) is 2.71. The largest absolute Gasteiger partial charge is 0.366 e. The molecule has 0 unspecified atom stereocenters. The summed E-state index contributed by atoms with van der Waals surface area (Å²) in [5.74, 6) is -1.40. The first-order chi connectivity index (χ1) is 7.97. The van der Waals surface area contributed by atoms with Crippen LogP contribution >= 0.6 is 0 Å². The van der Waals surface area contributed by atoms with Crippen molar-refractivity contribution in [2.45, 2.75) is 6.92 Å². The molecular weight excluding hydrogens is 229 g/mol. The van der Waals surface area contributed by atoms with Crippen LogP contribution in [0.4, 0.5) is 4.39 Å². The van der Waals surface area contributed by atoms with Gasteiger partial charge in [-0.3, -0.25) is 14.6 Å². The average Bonchev–Trinajstić information content (AvgIpc) is 2.25. The van der Waals surface area contributed by atoms with Gasteiger partial charge in [-0.15, -0.1) is 0 Å². The highest BCUT2D eigenvalue weighted by Crippen LogP contribution is 1.74. The van der Waals surface area contributed by atoms with Gasteiger partial charge >= 0.3 is 5.69 Å². The van der Waals surface area contributed by atoms with Crippen LogP contribution in [-0.2, 0) is 4.79 Å². The summed E-state index contributed by atoms with van der Waals surface area (Å²) in [7, 11) is 0. The minimum Gasteiger partial charge on any atom is -0.366 e. The Kier molecular flexibility index (Phi) is 6.68. The summed E-state index contributed by atoms with van der Waals surface area (Å²) in [6.45, 7) is 1.87. The number of nitrogens with two attached hydrogens (primary N) is 1. The molecule has 0 aromatic carbocycles. The van der Waals surface area contributed by atoms with Gasteiger partial charge in [0.05, 0.1) is 0 Å². The maximum atomic E-state index is 12.0. The fraction of sp³-hybridized carbons (Fsp3) is 0.100. The number of carbonyl (C=O) groups is 1. The minimum absolute atomic E-state index is 0.414. The van der Waals surface area contributed by atoms with Crippen LogP contribution in [0.15, 0.2) is 40.1 Å². The molecule has 4 N–H and O–H groups in total. The Labute approximate surface area is 95.7 Å². The molecule has 0 aliphatic rings. The summed E-state index contributed by atoms with van der Waals surface area (Å²) in [5.41, 5.74) is 3.07. The standard InChI is InChI=1S/C6H9NO.C4H3FN2O2/c1-2-3-4-5-6(7)8;5-2-1-6-4(9)7-3(2)8/h2-5H,1H3,(H2,7,8);1H,(H2,6,7,8,9)/b3-2+,5-4+;. The van der Waals surface area contributed by atoms with Crippen LogP contribution in [0, 0.1) is 5.82 Å². The lowest BCUT2D eigenvalue weighted by atomic mass is 10.4. The van der Waals surface area contributed by atoms with E-state index >= 15 is 0 Å². The van der Waals surface area contributed by atoms with E-state index in [2.05, 4.69) is 0 Å². The monoisotopic (exact) mass is 241 g/mol. The molecule has 17 heavy (non-hydrogen) atoms. The first-order valence-electron chi connectivity index (χ1n) is 4.53. The number of hydrogen-bond donors (Lipinski definition) is 3. The van der Waals surface area contributed by atoms with Crippen LogP contribution < -0.4 is 17.0 Å². The van der Waals surface area contributed by atoms with Gasteiger partial charge in [0, 0.05) is 12.3 Å². The number of nitrogens with one attached hydrogen (secondary N) is 2. The van der Waals surface area contributed by atoms with Gasteiger partial charge in [0.2, 0.25) is 11.7 Å². The molecule has 7 heteroatoms. The van der Waals surface area contributed by atoms with E-state index in [0.29, 0.717) is 6.20 Å². The van der Waals surface area contributed by atoms with Crippen molar-refractivity contribution in [3.63, 3.8) is 0 Å². The lowest BCUT2D eigenvalue weighted by molar-refractivity contribution is -0.113. The quantitative estimate of drug-likeness (QED) is 0.493. The van der Waals surface area contributed by atoms with E-state index < -0.39 is 23.0 Å². The highest BCUT2D eigenvalue weighted by atomic mass is 19.1. The van der Waals surface area contributed by atoms with Crippen molar-refractivity contribution in [2.75, 3.05) is 0 Å². The molecule has 0 aliphatic heterocycles. The second-order valence-corrected chi connectivity index (χ2v) is 2.71. The van der Waals surface area contributed by atoms with E-state index in [0.717, 1.165) is 0 Å². The zero-order chi connectivity index (χ0) is 13.3. The molecule has 1 heterocycles. The third kappa shape index (κ3) is 7.48. The Morgan fingerprint density at radius 1 is 1.41 bits per heavy atom. The number of H-pyrrole nitrogens is 2. The fourth-order valence-corrected chi connectivity index (χ4v) is 0.655. The van der Waals surface area contributed by atoms with Crippen LogP contribution in [0.25, 0.3) is 0 Å². The average molecular weight is 241 g/mol. The smallest absolute Gasteiger partial charge is 0.325 e. The summed E-state index contributed by atoms with van der Waals surface area (Å²) in [6.07, 6.45) is 7.17. The lowest BCUT2D eigenvalue weighted by Crippen LogP contribution is -2.23. The minimum atomic E-state index is -1.00. The molecule has 0 saturated heterocycles. The molecule has 1 amide bonds. The number of carbonyl (C=O) groups excluding carboxylic acids is 1. The zero-order valence-electron chi connectivity index (χ0n) is 9.07. The van der Waals surface area contributed by atoms with Gasteiger partial charge in [0.25, 0.3) is 5.56 Å². The van der Waals surface area contributed by atoms with Gasteiger partial charge in [-0.1, -0.05) is 18.2 Å². The number of aromatic nitrogens is 2.